The minimum Gasteiger partial charge on any atom is -0.495 e. The second-order valence-electron chi connectivity index (χ2n) is 10.2. The first kappa shape index (κ1) is 28.5. The summed E-state index contributed by atoms with van der Waals surface area (Å²) in [6.45, 7) is -0.735. The lowest BCUT2D eigenvalue weighted by molar-refractivity contribution is -0.140. The Balaban J connectivity index is 0.000000438. The van der Waals surface area contributed by atoms with Gasteiger partial charge in [0.25, 0.3) is 5.91 Å². The number of aliphatic hydroxyl groups excluding tert-OH is 1. The summed E-state index contributed by atoms with van der Waals surface area (Å²) in [7, 11) is 2.74. The van der Waals surface area contributed by atoms with Crippen LogP contribution in [0.3, 0.4) is 0 Å². The van der Waals surface area contributed by atoms with Crippen LogP contribution in [0.5, 0.6) is 5.75 Å². The molecule has 2 saturated carbocycles. The number of fused-ring (bicyclic) bond motifs is 1. The van der Waals surface area contributed by atoms with Crippen LogP contribution in [0.4, 0.5) is 31.9 Å². The summed E-state index contributed by atoms with van der Waals surface area (Å²) in [5.41, 5.74) is 6.27. The number of ether oxygens (including phenoxy) is 1. The molecule has 0 atom stereocenters. The molecule has 0 bridgehead atoms. The number of hydrogen-bond donors (Lipinski definition) is 3. The lowest BCUT2D eigenvalue weighted by Crippen LogP contribution is -2.48. The van der Waals surface area contributed by atoms with Gasteiger partial charge in [0.05, 0.1) is 31.6 Å². The zero-order valence-corrected chi connectivity index (χ0v) is 22.3. The predicted octanol–water partition coefficient (Wildman–Crippen LogP) is 4.00. The third-order valence-corrected chi connectivity index (χ3v) is 7.44. The van der Waals surface area contributed by atoms with Crippen LogP contribution in [-0.4, -0.2) is 65.7 Å². The van der Waals surface area contributed by atoms with E-state index >= 15 is 0 Å². The maximum absolute atomic E-state index is 14.7. The Labute approximate surface area is 226 Å². The molecule has 1 aliphatic heterocycles. The minimum atomic E-state index is -3.54. The number of nitrogens with one attached hydrogen (secondary N) is 1. The molecule has 1 aromatic carbocycles. The zero-order valence-electron chi connectivity index (χ0n) is 22.3. The van der Waals surface area contributed by atoms with Gasteiger partial charge in [0.1, 0.15) is 11.4 Å². The summed E-state index contributed by atoms with van der Waals surface area (Å²) in [5, 5.41) is 11.9. The molecular formula is C27H36F2N6O4. The molecule has 2 aliphatic carbocycles. The molecule has 2 heterocycles. The van der Waals surface area contributed by atoms with E-state index in [0.717, 1.165) is 43.4 Å². The van der Waals surface area contributed by atoms with Crippen LogP contribution >= 0.6 is 0 Å². The van der Waals surface area contributed by atoms with E-state index < -0.39 is 24.3 Å². The average molecular weight is 547 g/mol. The monoisotopic (exact) mass is 546 g/mol. The molecule has 1 aromatic heterocycles. The van der Waals surface area contributed by atoms with Crippen molar-refractivity contribution in [3.05, 3.63) is 30.0 Å². The highest BCUT2D eigenvalue weighted by atomic mass is 19.3. The number of primary amides is 1. The molecule has 0 unspecified atom stereocenters. The van der Waals surface area contributed by atoms with Crippen LogP contribution in [0, 0.1) is 0 Å². The van der Waals surface area contributed by atoms with Crippen molar-refractivity contribution < 1.29 is 28.2 Å². The molecule has 212 valence electrons. The molecule has 10 nitrogen and oxygen atoms in total. The van der Waals surface area contributed by atoms with E-state index in [4.69, 9.17) is 15.6 Å². The summed E-state index contributed by atoms with van der Waals surface area (Å²) in [6, 6.07) is 4.46. The van der Waals surface area contributed by atoms with Crippen molar-refractivity contribution in [3.63, 3.8) is 0 Å². The fourth-order valence-corrected chi connectivity index (χ4v) is 5.25. The standard InChI is InChI=1S/C21H24F2N6O3.C6H12O/c1-28-15-10-25-20(26-14-8-7-12(17(24)30)9-16(14)32-2)27-18(15)29(13-5-3-4-6-13)11-21(22,23)19(28)31;7-6-4-2-1-3-5-6/h7-10,13H,3-6,11H2,1-2H3,(H2,24,30)(H,25,26,27);6-7H,1-5H2. The van der Waals surface area contributed by atoms with E-state index in [1.807, 2.05) is 0 Å². The molecular weight excluding hydrogens is 510 g/mol. The lowest BCUT2D eigenvalue weighted by Gasteiger charge is -2.31. The number of aromatic nitrogens is 2. The molecule has 3 aliphatic rings. The number of methoxy groups -OCH3 is 1. The molecule has 2 amide bonds. The van der Waals surface area contributed by atoms with E-state index in [-0.39, 0.29) is 35.2 Å². The Hall–Kier alpha value is -3.54. The number of benzene rings is 1. The van der Waals surface area contributed by atoms with Gasteiger partial charge in [0, 0.05) is 18.7 Å². The summed E-state index contributed by atoms with van der Waals surface area (Å²) in [6.07, 6.45) is 10.7. The van der Waals surface area contributed by atoms with Crippen molar-refractivity contribution in [2.75, 3.05) is 35.8 Å². The fraction of sp³-hybridized carbons (Fsp3) is 0.556. The molecule has 2 aromatic rings. The number of rotatable bonds is 5. The summed E-state index contributed by atoms with van der Waals surface area (Å²) in [4.78, 5) is 35.0. The average Bonchev–Trinajstić information content (AvgIpc) is 3.44. The third kappa shape index (κ3) is 6.55. The van der Waals surface area contributed by atoms with Crippen LogP contribution in [0.15, 0.2) is 24.4 Å². The molecule has 12 heteroatoms. The predicted molar refractivity (Wildman–Crippen MR) is 144 cm³/mol. The highest BCUT2D eigenvalue weighted by Crippen LogP contribution is 2.40. The summed E-state index contributed by atoms with van der Waals surface area (Å²) >= 11 is 0. The number of nitrogens with zero attached hydrogens (tertiary/aromatic N) is 4. The first-order chi connectivity index (χ1) is 18.6. The van der Waals surface area contributed by atoms with Gasteiger partial charge in [0.2, 0.25) is 11.9 Å². The summed E-state index contributed by atoms with van der Waals surface area (Å²) < 4.78 is 34.7. The van der Waals surface area contributed by atoms with Crippen molar-refractivity contribution in [1.82, 2.24) is 9.97 Å². The van der Waals surface area contributed by atoms with Gasteiger partial charge in [-0.25, -0.2) is 4.98 Å². The van der Waals surface area contributed by atoms with Gasteiger partial charge in [-0.15, -0.1) is 0 Å². The van der Waals surface area contributed by atoms with Crippen molar-refractivity contribution in [2.45, 2.75) is 75.9 Å². The lowest BCUT2D eigenvalue weighted by atomic mass is 9.98. The topological polar surface area (TPSA) is 134 Å². The molecule has 4 N–H and O–H groups in total. The van der Waals surface area contributed by atoms with Crippen molar-refractivity contribution in [2.24, 2.45) is 5.73 Å². The minimum absolute atomic E-state index is 0.0359. The second kappa shape index (κ2) is 12.1. The van der Waals surface area contributed by atoms with Crippen LogP contribution in [-0.2, 0) is 4.79 Å². The highest BCUT2D eigenvalue weighted by Gasteiger charge is 2.48. The van der Waals surface area contributed by atoms with E-state index in [9.17, 15) is 18.4 Å². The van der Waals surface area contributed by atoms with Gasteiger partial charge in [-0.2, -0.15) is 13.8 Å². The van der Waals surface area contributed by atoms with Crippen molar-refractivity contribution >= 4 is 35.0 Å². The van der Waals surface area contributed by atoms with E-state index in [1.54, 1.807) is 6.07 Å². The maximum atomic E-state index is 14.7. The largest absolute Gasteiger partial charge is 0.495 e. The Morgan fingerprint density at radius 1 is 1.15 bits per heavy atom. The quantitative estimate of drug-likeness (QED) is 0.513. The van der Waals surface area contributed by atoms with Crippen LogP contribution in [0.2, 0.25) is 0 Å². The number of hydrogen-bond acceptors (Lipinski definition) is 8. The van der Waals surface area contributed by atoms with Crippen molar-refractivity contribution in [3.8, 4) is 5.75 Å². The highest BCUT2D eigenvalue weighted by molar-refractivity contribution is 6.02. The molecule has 2 fully saturated rings. The number of carbonyl (C=O) groups excluding carboxylic acids is 2. The smallest absolute Gasteiger partial charge is 0.342 e. The first-order valence-electron chi connectivity index (χ1n) is 13.3. The molecule has 0 spiro atoms. The number of halogens is 2. The zero-order chi connectivity index (χ0) is 28.2. The molecule has 39 heavy (non-hydrogen) atoms. The van der Waals surface area contributed by atoms with Gasteiger partial charge >= 0.3 is 5.92 Å². The van der Waals surface area contributed by atoms with Crippen LogP contribution in [0.1, 0.15) is 68.1 Å². The molecule has 0 radical (unpaired) electrons. The third-order valence-electron chi connectivity index (χ3n) is 7.44. The number of amides is 2. The normalized spacial score (nSPS) is 19.6. The van der Waals surface area contributed by atoms with Gasteiger partial charge in [-0.1, -0.05) is 32.1 Å². The number of nitrogens with two attached hydrogens (primary N) is 1. The van der Waals surface area contributed by atoms with Crippen LogP contribution in [0.25, 0.3) is 0 Å². The molecule has 5 rings (SSSR count). The number of alkyl halides is 2. The Morgan fingerprint density at radius 3 is 2.41 bits per heavy atom. The number of aliphatic hydroxyl groups is 1. The first-order valence-corrected chi connectivity index (χ1v) is 13.3. The van der Waals surface area contributed by atoms with E-state index in [2.05, 4.69) is 15.3 Å². The fourth-order valence-electron chi connectivity index (χ4n) is 5.25. The van der Waals surface area contributed by atoms with E-state index in [0.29, 0.717) is 11.4 Å². The Morgan fingerprint density at radius 2 is 1.82 bits per heavy atom. The SMILES string of the molecule is COc1cc(C(N)=O)ccc1Nc1ncc2c(n1)N(C1CCCC1)CC(F)(F)C(=O)N2C.OC1CCCCC1. The van der Waals surface area contributed by atoms with Crippen LogP contribution < -0.4 is 25.6 Å². The summed E-state index contributed by atoms with van der Waals surface area (Å²) in [5.74, 6) is -4.67. The van der Waals surface area contributed by atoms with Gasteiger partial charge in [-0.05, 0) is 43.9 Å². The maximum Gasteiger partial charge on any atom is 0.342 e. The molecule has 0 saturated heterocycles. The number of anilines is 4. The van der Waals surface area contributed by atoms with E-state index in [1.165, 1.54) is 56.6 Å². The van der Waals surface area contributed by atoms with Gasteiger partial charge < -0.3 is 30.7 Å². The van der Waals surface area contributed by atoms with Gasteiger partial charge in [0.15, 0.2) is 5.82 Å². The number of carbonyl (C=O) groups is 2. The van der Waals surface area contributed by atoms with Crippen molar-refractivity contribution in [1.29, 1.82) is 0 Å². The van der Waals surface area contributed by atoms with Gasteiger partial charge in [-0.3, -0.25) is 9.59 Å². The second-order valence-corrected chi connectivity index (χ2v) is 10.2. The Kier molecular flexibility index (Phi) is 8.83. The Bertz CT molecular complexity index is 1180.